The number of anilines is 1. The molecule has 102 valence electrons. The van der Waals surface area contributed by atoms with Crippen LogP contribution >= 0.6 is 0 Å². The van der Waals surface area contributed by atoms with Crippen molar-refractivity contribution >= 4 is 5.82 Å². The van der Waals surface area contributed by atoms with E-state index < -0.39 is 0 Å². The van der Waals surface area contributed by atoms with E-state index in [2.05, 4.69) is 10.2 Å². The van der Waals surface area contributed by atoms with Crippen LogP contribution in [0.4, 0.5) is 5.82 Å². The van der Waals surface area contributed by atoms with E-state index >= 15 is 0 Å². The summed E-state index contributed by atoms with van der Waals surface area (Å²) in [6.45, 7) is 0.445. The first-order valence-electron chi connectivity index (χ1n) is 5.75. The van der Waals surface area contributed by atoms with Crippen molar-refractivity contribution in [3.05, 3.63) is 23.9 Å². The molecule has 0 aliphatic carbocycles. The molecule has 0 spiro atoms. The highest BCUT2D eigenvalue weighted by Crippen LogP contribution is 2.41. The van der Waals surface area contributed by atoms with Crippen LogP contribution < -0.4 is 15.2 Å². The topological polar surface area (TPSA) is 82.4 Å². The van der Waals surface area contributed by atoms with Gasteiger partial charge in [-0.25, -0.2) is 0 Å². The maximum atomic E-state index is 5.85. The van der Waals surface area contributed by atoms with Gasteiger partial charge in [-0.15, -0.1) is 0 Å². The molecule has 0 fully saturated rings. The summed E-state index contributed by atoms with van der Waals surface area (Å²) in [5.74, 6) is 1.74. The summed E-state index contributed by atoms with van der Waals surface area (Å²) in [5.41, 5.74) is 8.36. The molecule has 19 heavy (non-hydrogen) atoms. The average Bonchev–Trinajstić information content (AvgIpc) is 2.84. The SMILES string of the molecule is COCc1ccc(-c2cn[nH]c2N)c(OC)c1OC. The molecule has 0 atom stereocenters. The molecule has 0 saturated heterocycles. The molecule has 0 aliphatic heterocycles. The van der Waals surface area contributed by atoms with Crippen molar-refractivity contribution in [2.75, 3.05) is 27.1 Å². The predicted molar refractivity (Wildman–Crippen MR) is 72.3 cm³/mol. The van der Waals surface area contributed by atoms with Crippen molar-refractivity contribution in [2.45, 2.75) is 6.61 Å². The van der Waals surface area contributed by atoms with Crippen LogP contribution in [0.25, 0.3) is 11.1 Å². The normalized spacial score (nSPS) is 10.5. The minimum atomic E-state index is 0.445. The van der Waals surface area contributed by atoms with Crippen LogP contribution in [0.5, 0.6) is 11.5 Å². The fourth-order valence-electron chi connectivity index (χ4n) is 2.02. The largest absolute Gasteiger partial charge is 0.492 e. The first-order chi connectivity index (χ1) is 9.22. The molecule has 3 N–H and O–H groups in total. The van der Waals surface area contributed by atoms with Gasteiger partial charge in [0.2, 0.25) is 0 Å². The second-order valence-corrected chi connectivity index (χ2v) is 3.97. The molecule has 1 heterocycles. The monoisotopic (exact) mass is 263 g/mol. The smallest absolute Gasteiger partial charge is 0.169 e. The number of nitrogens with two attached hydrogens (primary N) is 1. The van der Waals surface area contributed by atoms with Crippen molar-refractivity contribution in [3.63, 3.8) is 0 Å². The molecule has 6 heteroatoms. The standard InChI is InChI=1S/C13H17N3O3/c1-17-7-8-4-5-9(10-6-15-16-13(10)14)12(19-3)11(8)18-2/h4-6H,7H2,1-3H3,(H3,14,15,16). The molecule has 0 aliphatic rings. The van der Waals surface area contributed by atoms with Crippen LogP contribution in [-0.2, 0) is 11.3 Å². The lowest BCUT2D eigenvalue weighted by Crippen LogP contribution is -2.00. The third-order valence-corrected chi connectivity index (χ3v) is 2.86. The van der Waals surface area contributed by atoms with Crippen molar-refractivity contribution < 1.29 is 14.2 Å². The van der Waals surface area contributed by atoms with Gasteiger partial charge in [0.15, 0.2) is 11.5 Å². The van der Waals surface area contributed by atoms with Gasteiger partial charge >= 0.3 is 0 Å². The van der Waals surface area contributed by atoms with E-state index in [-0.39, 0.29) is 0 Å². The summed E-state index contributed by atoms with van der Waals surface area (Å²) in [7, 11) is 4.82. The lowest BCUT2D eigenvalue weighted by molar-refractivity contribution is 0.181. The summed E-state index contributed by atoms with van der Waals surface area (Å²) in [5, 5.41) is 6.62. The van der Waals surface area contributed by atoms with E-state index in [9.17, 15) is 0 Å². The predicted octanol–water partition coefficient (Wildman–Crippen LogP) is 1.82. The molecular weight excluding hydrogens is 246 g/mol. The second kappa shape index (κ2) is 5.62. The molecule has 0 amide bonds. The fraction of sp³-hybridized carbons (Fsp3) is 0.308. The van der Waals surface area contributed by atoms with Crippen LogP contribution in [0.15, 0.2) is 18.3 Å². The highest BCUT2D eigenvalue weighted by atomic mass is 16.5. The van der Waals surface area contributed by atoms with Crippen molar-refractivity contribution in [2.24, 2.45) is 0 Å². The Morgan fingerprint density at radius 3 is 2.37 bits per heavy atom. The summed E-state index contributed by atoms with van der Waals surface area (Å²) < 4.78 is 16.0. The molecule has 0 saturated carbocycles. The number of hydrogen-bond donors (Lipinski definition) is 2. The molecular formula is C13H17N3O3. The maximum Gasteiger partial charge on any atom is 0.169 e. The first kappa shape index (κ1) is 13.2. The van der Waals surface area contributed by atoms with Crippen LogP contribution in [-0.4, -0.2) is 31.5 Å². The van der Waals surface area contributed by atoms with Gasteiger partial charge in [-0.1, -0.05) is 6.07 Å². The second-order valence-electron chi connectivity index (χ2n) is 3.97. The van der Waals surface area contributed by atoms with E-state index in [4.69, 9.17) is 19.9 Å². The number of nitrogen functional groups attached to an aromatic ring is 1. The Balaban J connectivity index is 2.60. The summed E-state index contributed by atoms with van der Waals surface area (Å²) >= 11 is 0. The summed E-state index contributed by atoms with van der Waals surface area (Å²) in [4.78, 5) is 0. The van der Waals surface area contributed by atoms with Crippen molar-refractivity contribution in [3.8, 4) is 22.6 Å². The Bertz CT molecular complexity index is 566. The number of rotatable bonds is 5. The lowest BCUT2D eigenvalue weighted by atomic mass is 10.0. The average molecular weight is 263 g/mol. The van der Waals surface area contributed by atoms with E-state index in [1.54, 1.807) is 27.5 Å². The lowest BCUT2D eigenvalue weighted by Gasteiger charge is -2.15. The van der Waals surface area contributed by atoms with Gasteiger partial charge < -0.3 is 19.9 Å². The Labute approximate surface area is 111 Å². The van der Waals surface area contributed by atoms with Crippen LogP contribution in [0, 0.1) is 0 Å². The number of aromatic nitrogens is 2. The molecule has 1 aromatic heterocycles. The van der Waals surface area contributed by atoms with Crippen LogP contribution in [0.1, 0.15) is 5.56 Å². The van der Waals surface area contributed by atoms with Crippen molar-refractivity contribution in [1.82, 2.24) is 10.2 Å². The van der Waals surface area contributed by atoms with Gasteiger partial charge in [-0.05, 0) is 6.07 Å². The molecule has 0 bridgehead atoms. The van der Waals surface area contributed by atoms with Gasteiger partial charge in [0.05, 0.1) is 27.0 Å². The Hall–Kier alpha value is -2.21. The first-order valence-corrected chi connectivity index (χ1v) is 5.75. The maximum absolute atomic E-state index is 5.85. The number of benzene rings is 1. The van der Waals surface area contributed by atoms with E-state index in [1.807, 2.05) is 12.1 Å². The molecule has 0 radical (unpaired) electrons. The number of ether oxygens (including phenoxy) is 3. The van der Waals surface area contributed by atoms with Gasteiger partial charge in [0, 0.05) is 23.8 Å². The van der Waals surface area contributed by atoms with Gasteiger partial charge in [0.1, 0.15) is 5.82 Å². The third kappa shape index (κ3) is 2.34. The van der Waals surface area contributed by atoms with E-state index in [0.29, 0.717) is 23.9 Å². The third-order valence-electron chi connectivity index (χ3n) is 2.86. The number of aromatic amines is 1. The van der Waals surface area contributed by atoms with Gasteiger partial charge in [0.25, 0.3) is 0 Å². The minimum absolute atomic E-state index is 0.445. The quantitative estimate of drug-likeness (QED) is 0.859. The van der Waals surface area contributed by atoms with Gasteiger partial charge in [-0.2, -0.15) is 5.10 Å². The highest BCUT2D eigenvalue weighted by Gasteiger charge is 2.18. The zero-order valence-electron chi connectivity index (χ0n) is 11.2. The molecule has 2 rings (SSSR count). The number of hydrogen-bond acceptors (Lipinski definition) is 5. The minimum Gasteiger partial charge on any atom is -0.492 e. The number of nitrogens with one attached hydrogen (secondary N) is 1. The Morgan fingerprint density at radius 2 is 1.84 bits per heavy atom. The summed E-state index contributed by atoms with van der Waals surface area (Å²) in [6.07, 6.45) is 1.66. The van der Waals surface area contributed by atoms with Crippen molar-refractivity contribution in [1.29, 1.82) is 0 Å². The Kier molecular flexibility index (Phi) is 3.91. The molecule has 0 unspecified atom stereocenters. The highest BCUT2D eigenvalue weighted by molar-refractivity contribution is 5.80. The summed E-state index contributed by atoms with van der Waals surface area (Å²) in [6, 6.07) is 3.84. The fourth-order valence-corrected chi connectivity index (χ4v) is 2.02. The molecule has 2 aromatic rings. The van der Waals surface area contributed by atoms with Crippen LogP contribution in [0.3, 0.4) is 0 Å². The molecule has 6 nitrogen and oxygen atoms in total. The number of nitrogens with zero attached hydrogens (tertiary/aromatic N) is 1. The van der Waals surface area contributed by atoms with Crippen LogP contribution in [0.2, 0.25) is 0 Å². The van der Waals surface area contributed by atoms with E-state index in [0.717, 1.165) is 16.7 Å². The number of methoxy groups -OCH3 is 3. The Morgan fingerprint density at radius 1 is 1.11 bits per heavy atom. The van der Waals surface area contributed by atoms with Gasteiger partial charge in [-0.3, -0.25) is 5.10 Å². The van der Waals surface area contributed by atoms with E-state index in [1.165, 1.54) is 0 Å². The zero-order chi connectivity index (χ0) is 13.8. The molecule has 1 aromatic carbocycles. The zero-order valence-corrected chi connectivity index (χ0v) is 11.2. The number of H-pyrrole nitrogens is 1.